The molecule has 0 radical (unpaired) electrons. The van der Waals surface area contributed by atoms with Crippen molar-refractivity contribution in [2.24, 2.45) is 0 Å². The second kappa shape index (κ2) is 5.10. The van der Waals surface area contributed by atoms with Gasteiger partial charge in [-0.25, -0.2) is 8.78 Å². The zero-order chi connectivity index (χ0) is 14.0. The summed E-state index contributed by atoms with van der Waals surface area (Å²) >= 11 is 0. The lowest BCUT2D eigenvalue weighted by Gasteiger charge is -2.24. The Bertz CT molecular complexity index is 574. The molecule has 1 nitrogen and oxygen atoms in total. The van der Waals surface area contributed by atoms with Crippen molar-refractivity contribution in [1.82, 2.24) is 0 Å². The molecule has 100 valence electrons. The molecule has 0 aliphatic rings. The fraction of sp³-hybridized carbons (Fsp3) is 0.250. The lowest BCUT2D eigenvalue weighted by Crippen LogP contribution is -2.24. The van der Waals surface area contributed by atoms with Crippen molar-refractivity contribution < 1.29 is 13.9 Å². The van der Waals surface area contributed by atoms with Gasteiger partial charge in [0.1, 0.15) is 11.6 Å². The molecule has 0 fully saturated rings. The third-order valence-corrected chi connectivity index (χ3v) is 3.22. The van der Waals surface area contributed by atoms with Gasteiger partial charge in [-0.05, 0) is 43.2 Å². The van der Waals surface area contributed by atoms with E-state index in [1.54, 1.807) is 19.1 Å². The van der Waals surface area contributed by atoms with Crippen molar-refractivity contribution in [3.8, 4) is 0 Å². The summed E-state index contributed by atoms with van der Waals surface area (Å²) in [5.41, 5.74) is 0.700. The summed E-state index contributed by atoms with van der Waals surface area (Å²) in [7, 11) is 0. The zero-order valence-electron chi connectivity index (χ0n) is 11.0. The van der Waals surface area contributed by atoms with Gasteiger partial charge >= 0.3 is 0 Å². The zero-order valence-corrected chi connectivity index (χ0v) is 11.0. The molecule has 0 spiro atoms. The molecular formula is C16H16F2O. The first-order chi connectivity index (χ1) is 8.88. The van der Waals surface area contributed by atoms with Crippen LogP contribution in [0.25, 0.3) is 0 Å². The third kappa shape index (κ3) is 3.18. The van der Waals surface area contributed by atoms with Gasteiger partial charge in [0.05, 0.1) is 5.60 Å². The Labute approximate surface area is 111 Å². The molecule has 2 aromatic rings. The number of halogens is 2. The van der Waals surface area contributed by atoms with Crippen molar-refractivity contribution >= 4 is 0 Å². The molecule has 0 bridgehead atoms. The quantitative estimate of drug-likeness (QED) is 0.893. The number of aryl methyl sites for hydroxylation is 1. The van der Waals surface area contributed by atoms with Crippen LogP contribution in [-0.2, 0) is 12.0 Å². The van der Waals surface area contributed by atoms with E-state index >= 15 is 0 Å². The summed E-state index contributed by atoms with van der Waals surface area (Å²) in [5.74, 6) is -1.01. The highest BCUT2D eigenvalue weighted by atomic mass is 19.1. The summed E-state index contributed by atoms with van der Waals surface area (Å²) < 4.78 is 26.7. The van der Waals surface area contributed by atoms with Crippen LogP contribution in [0.4, 0.5) is 8.78 Å². The molecule has 1 unspecified atom stereocenters. The maximum atomic E-state index is 13.6. The van der Waals surface area contributed by atoms with E-state index in [4.69, 9.17) is 0 Å². The third-order valence-electron chi connectivity index (χ3n) is 3.22. The first-order valence-electron chi connectivity index (χ1n) is 6.12. The van der Waals surface area contributed by atoms with Gasteiger partial charge in [-0.2, -0.15) is 0 Å². The van der Waals surface area contributed by atoms with Gasteiger partial charge in [0.2, 0.25) is 0 Å². The van der Waals surface area contributed by atoms with E-state index < -0.39 is 17.2 Å². The molecule has 0 heterocycles. The summed E-state index contributed by atoms with van der Waals surface area (Å²) in [5, 5.41) is 10.5. The predicted molar refractivity (Wildman–Crippen MR) is 70.8 cm³/mol. The Morgan fingerprint density at radius 3 is 2.32 bits per heavy atom. The van der Waals surface area contributed by atoms with E-state index in [2.05, 4.69) is 0 Å². The molecule has 0 aromatic heterocycles. The number of aliphatic hydroxyl groups is 1. The van der Waals surface area contributed by atoms with Crippen LogP contribution in [0.15, 0.2) is 42.5 Å². The average molecular weight is 262 g/mol. The van der Waals surface area contributed by atoms with Crippen LogP contribution in [0.1, 0.15) is 23.6 Å². The van der Waals surface area contributed by atoms with Gasteiger partial charge < -0.3 is 5.11 Å². The minimum Gasteiger partial charge on any atom is -0.385 e. The highest BCUT2D eigenvalue weighted by Gasteiger charge is 2.25. The molecule has 2 rings (SSSR count). The first-order valence-corrected chi connectivity index (χ1v) is 6.12. The topological polar surface area (TPSA) is 20.2 Å². The average Bonchev–Trinajstić information content (AvgIpc) is 2.34. The van der Waals surface area contributed by atoms with Crippen LogP contribution in [-0.4, -0.2) is 5.11 Å². The number of hydrogen-bond donors (Lipinski definition) is 1. The number of hydrogen-bond acceptors (Lipinski definition) is 1. The predicted octanol–water partition coefficient (Wildman–Crippen LogP) is 3.72. The molecule has 2 aromatic carbocycles. The summed E-state index contributed by atoms with van der Waals surface area (Å²) in [6.07, 6.45) is 0.0274. The normalized spacial score (nSPS) is 14.2. The molecule has 0 saturated carbocycles. The van der Waals surface area contributed by atoms with Crippen LogP contribution in [0.5, 0.6) is 0 Å². The molecule has 1 atom stereocenters. The van der Waals surface area contributed by atoms with Gasteiger partial charge in [0.25, 0.3) is 0 Å². The standard InChI is InChI=1S/C16H16F2O/c1-11-3-5-13(6-4-11)16(2,19)10-12-9-14(17)7-8-15(12)18/h3-9,19H,10H2,1-2H3. The van der Waals surface area contributed by atoms with Crippen molar-refractivity contribution in [3.05, 3.63) is 70.8 Å². The second-order valence-corrected chi connectivity index (χ2v) is 5.05. The highest BCUT2D eigenvalue weighted by Crippen LogP contribution is 2.27. The summed E-state index contributed by atoms with van der Waals surface area (Å²) in [6, 6.07) is 10.6. The Balaban J connectivity index is 2.30. The molecule has 0 aliphatic heterocycles. The Morgan fingerprint density at radius 2 is 1.68 bits per heavy atom. The van der Waals surface area contributed by atoms with E-state index in [0.717, 1.165) is 23.8 Å². The second-order valence-electron chi connectivity index (χ2n) is 5.05. The molecular weight excluding hydrogens is 246 g/mol. The molecule has 1 N–H and O–H groups in total. The van der Waals surface area contributed by atoms with Crippen LogP contribution >= 0.6 is 0 Å². The Hall–Kier alpha value is -1.74. The van der Waals surface area contributed by atoms with Crippen LogP contribution < -0.4 is 0 Å². The fourth-order valence-electron chi connectivity index (χ4n) is 2.06. The maximum Gasteiger partial charge on any atom is 0.126 e. The lowest BCUT2D eigenvalue weighted by atomic mass is 9.88. The molecule has 0 aliphatic carbocycles. The summed E-state index contributed by atoms with van der Waals surface area (Å²) in [4.78, 5) is 0. The van der Waals surface area contributed by atoms with Gasteiger partial charge in [-0.15, -0.1) is 0 Å². The van der Waals surface area contributed by atoms with Crippen LogP contribution in [0, 0.1) is 18.6 Å². The van der Waals surface area contributed by atoms with Gasteiger partial charge in [0, 0.05) is 6.42 Å². The number of benzene rings is 2. The van der Waals surface area contributed by atoms with Crippen molar-refractivity contribution in [2.45, 2.75) is 25.9 Å². The van der Waals surface area contributed by atoms with E-state index in [1.165, 1.54) is 0 Å². The monoisotopic (exact) mass is 262 g/mol. The maximum absolute atomic E-state index is 13.6. The van der Waals surface area contributed by atoms with E-state index in [9.17, 15) is 13.9 Å². The van der Waals surface area contributed by atoms with Gasteiger partial charge in [0.15, 0.2) is 0 Å². The van der Waals surface area contributed by atoms with Crippen LogP contribution in [0.3, 0.4) is 0 Å². The first kappa shape index (κ1) is 13.7. The Morgan fingerprint density at radius 1 is 1.05 bits per heavy atom. The number of rotatable bonds is 3. The molecule has 3 heteroatoms. The van der Waals surface area contributed by atoms with Crippen LogP contribution in [0.2, 0.25) is 0 Å². The van der Waals surface area contributed by atoms with Crippen molar-refractivity contribution in [3.63, 3.8) is 0 Å². The Kier molecular flexibility index (Phi) is 3.67. The lowest BCUT2D eigenvalue weighted by molar-refractivity contribution is 0.0566. The summed E-state index contributed by atoms with van der Waals surface area (Å²) in [6.45, 7) is 3.55. The van der Waals surface area contributed by atoms with Gasteiger partial charge in [-0.3, -0.25) is 0 Å². The van der Waals surface area contributed by atoms with E-state index in [0.29, 0.717) is 5.56 Å². The molecule has 19 heavy (non-hydrogen) atoms. The SMILES string of the molecule is Cc1ccc(C(C)(O)Cc2cc(F)ccc2F)cc1. The van der Waals surface area contributed by atoms with E-state index in [-0.39, 0.29) is 12.0 Å². The molecule has 0 amide bonds. The minimum atomic E-state index is -1.23. The van der Waals surface area contributed by atoms with E-state index in [1.807, 2.05) is 19.1 Å². The highest BCUT2D eigenvalue weighted by molar-refractivity contribution is 5.29. The minimum absolute atomic E-state index is 0.0274. The fourth-order valence-corrected chi connectivity index (χ4v) is 2.06. The largest absolute Gasteiger partial charge is 0.385 e. The van der Waals surface area contributed by atoms with Crippen molar-refractivity contribution in [1.29, 1.82) is 0 Å². The van der Waals surface area contributed by atoms with Gasteiger partial charge in [-0.1, -0.05) is 29.8 Å². The van der Waals surface area contributed by atoms with Crippen molar-refractivity contribution in [2.75, 3.05) is 0 Å². The molecule has 0 saturated heterocycles. The smallest absolute Gasteiger partial charge is 0.126 e.